The van der Waals surface area contributed by atoms with Crippen molar-refractivity contribution in [1.29, 1.82) is 0 Å². The van der Waals surface area contributed by atoms with Crippen LogP contribution in [0.5, 0.6) is 0 Å². The van der Waals surface area contributed by atoms with E-state index in [4.69, 9.17) is 4.74 Å². The summed E-state index contributed by atoms with van der Waals surface area (Å²) in [4.78, 5) is 29.5. The van der Waals surface area contributed by atoms with Crippen LogP contribution in [0.2, 0.25) is 0 Å². The Labute approximate surface area is 197 Å². The standard InChI is InChI=1S/C25H28N4O3S/c30-24(27-20-10-5-2-6-11-20)23(19-8-3-1-4-9-19)28-25(31)26-18-21(22-12-7-17-33-22)29-13-15-32-16-14-29/h1-12,17,21,23H,13-16,18H2,(H,27,30)(H2,26,28,31). The van der Waals surface area contributed by atoms with Crippen LogP contribution in [0.25, 0.3) is 0 Å². The molecule has 1 aliphatic heterocycles. The molecule has 3 N–H and O–H groups in total. The Bertz CT molecular complexity index is 1010. The summed E-state index contributed by atoms with van der Waals surface area (Å²) in [6.07, 6.45) is 0. The number of morpholine rings is 1. The molecule has 1 aromatic heterocycles. The summed E-state index contributed by atoms with van der Waals surface area (Å²) in [6.45, 7) is 3.44. The van der Waals surface area contributed by atoms with E-state index in [2.05, 4.69) is 26.9 Å². The molecule has 0 saturated carbocycles. The number of thiophene rings is 1. The second kappa shape index (κ2) is 11.6. The first kappa shape index (κ1) is 23.0. The molecule has 4 rings (SSSR count). The molecule has 172 valence electrons. The van der Waals surface area contributed by atoms with Gasteiger partial charge in [0.05, 0.1) is 19.3 Å². The summed E-state index contributed by atoms with van der Waals surface area (Å²) >= 11 is 1.67. The number of rotatable bonds is 8. The van der Waals surface area contributed by atoms with Crippen molar-refractivity contribution in [3.05, 3.63) is 88.6 Å². The van der Waals surface area contributed by atoms with Gasteiger partial charge in [-0.15, -0.1) is 11.3 Å². The molecule has 2 unspecified atom stereocenters. The first-order chi connectivity index (χ1) is 16.2. The predicted molar refractivity (Wildman–Crippen MR) is 130 cm³/mol. The Morgan fingerprint density at radius 2 is 1.64 bits per heavy atom. The van der Waals surface area contributed by atoms with E-state index in [9.17, 15) is 9.59 Å². The summed E-state index contributed by atoms with van der Waals surface area (Å²) in [6, 6.07) is 21.4. The first-order valence-electron chi connectivity index (χ1n) is 11.0. The summed E-state index contributed by atoms with van der Waals surface area (Å²) in [5.74, 6) is -0.300. The molecule has 2 aromatic carbocycles. The van der Waals surface area contributed by atoms with Crippen molar-refractivity contribution in [2.75, 3.05) is 38.2 Å². The number of nitrogens with one attached hydrogen (secondary N) is 3. The molecule has 0 bridgehead atoms. The number of para-hydroxylation sites is 1. The monoisotopic (exact) mass is 464 g/mol. The van der Waals surface area contributed by atoms with E-state index in [1.807, 2.05) is 72.1 Å². The Morgan fingerprint density at radius 1 is 0.939 bits per heavy atom. The zero-order valence-electron chi connectivity index (χ0n) is 18.3. The van der Waals surface area contributed by atoms with E-state index in [1.165, 1.54) is 4.88 Å². The van der Waals surface area contributed by atoms with Gasteiger partial charge >= 0.3 is 6.03 Å². The Hall–Kier alpha value is -3.20. The van der Waals surface area contributed by atoms with Crippen molar-refractivity contribution < 1.29 is 14.3 Å². The minimum absolute atomic E-state index is 0.0629. The first-order valence-corrected chi connectivity index (χ1v) is 11.9. The highest BCUT2D eigenvalue weighted by atomic mass is 32.1. The number of urea groups is 1. The van der Waals surface area contributed by atoms with Crippen LogP contribution in [0.1, 0.15) is 22.5 Å². The number of benzene rings is 2. The predicted octanol–water partition coefficient (Wildman–Crippen LogP) is 3.80. The third kappa shape index (κ3) is 6.41. The number of carbonyl (C=O) groups is 2. The Kier molecular flexibility index (Phi) is 8.08. The smallest absolute Gasteiger partial charge is 0.315 e. The third-order valence-electron chi connectivity index (χ3n) is 5.53. The molecule has 0 spiro atoms. The molecule has 3 amide bonds. The molecule has 8 heteroatoms. The Morgan fingerprint density at radius 3 is 2.30 bits per heavy atom. The van der Waals surface area contributed by atoms with E-state index in [1.54, 1.807) is 11.3 Å². The van der Waals surface area contributed by atoms with Gasteiger partial charge in [0.1, 0.15) is 6.04 Å². The number of carbonyl (C=O) groups excluding carboxylic acids is 2. The Balaban J connectivity index is 1.43. The maximum Gasteiger partial charge on any atom is 0.315 e. The minimum atomic E-state index is -0.824. The molecule has 0 aliphatic carbocycles. The molecule has 2 heterocycles. The number of hydrogen-bond donors (Lipinski definition) is 3. The highest BCUT2D eigenvalue weighted by molar-refractivity contribution is 7.10. The van der Waals surface area contributed by atoms with Crippen LogP contribution in [0, 0.1) is 0 Å². The van der Waals surface area contributed by atoms with Gasteiger partial charge in [0.15, 0.2) is 0 Å². The normalized spacial score (nSPS) is 15.9. The van der Waals surface area contributed by atoms with Crippen molar-refractivity contribution in [2.24, 2.45) is 0 Å². The van der Waals surface area contributed by atoms with Crippen LogP contribution >= 0.6 is 11.3 Å². The zero-order chi connectivity index (χ0) is 22.9. The lowest BCUT2D eigenvalue weighted by Gasteiger charge is -2.34. The number of hydrogen-bond acceptors (Lipinski definition) is 5. The van der Waals surface area contributed by atoms with Gasteiger partial charge in [0.2, 0.25) is 0 Å². The number of ether oxygens (including phenoxy) is 1. The molecule has 7 nitrogen and oxygen atoms in total. The summed E-state index contributed by atoms with van der Waals surface area (Å²) in [7, 11) is 0. The SMILES string of the molecule is O=C(NCC(c1cccs1)N1CCOCC1)NC(C(=O)Nc1ccccc1)c1ccccc1. The molecule has 0 radical (unpaired) electrons. The van der Waals surface area contributed by atoms with Gasteiger partial charge in [-0.1, -0.05) is 54.6 Å². The lowest BCUT2D eigenvalue weighted by Crippen LogP contribution is -2.47. The second-order valence-electron chi connectivity index (χ2n) is 7.73. The number of amides is 3. The second-order valence-corrected chi connectivity index (χ2v) is 8.71. The van der Waals surface area contributed by atoms with E-state index >= 15 is 0 Å². The fourth-order valence-corrected chi connectivity index (χ4v) is 4.69. The largest absolute Gasteiger partial charge is 0.379 e. The van der Waals surface area contributed by atoms with E-state index in [-0.39, 0.29) is 18.0 Å². The van der Waals surface area contributed by atoms with Gasteiger partial charge in [0.25, 0.3) is 5.91 Å². The summed E-state index contributed by atoms with van der Waals surface area (Å²) < 4.78 is 5.49. The molecular formula is C25H28N4O3S. The minimum Gasteiger partial charge on any atom is -0.379 e. The van der Waals surface area contributed by atoms with E-state index < -0.39 is 6.04 Å². The van der Waals surface area contributed by atoms with Crippen molar-refractivity contribution in [3.63, 3.8) is 0 Å². The zero-order valence-corrected chi connectivity index (χ0v) is 19.1. The van der Waals surface area contributed by atoms with Crippen molar-refractivity contribution in [2.45, 2.75) is 12.1 Å². The fourth-order valence-electron chi connectivity index (χ4n) is 3.83. The average Bonchev–Trinajstić information content (AvgIpc) is 3.39. The van der Waals surface area contributed by atoms with E-state index in [0.717, 1.165) is 13.1 Å². The summed E-state index contributed by atoms with van der Waals surface area (Å²) in [5.41, 5.74) is 1.39. The maximum atomic E-state index is 13.0. The molecular weight excluding hydrogens is 436 g/mol. The van der Waals surface area contributed by atoms with Gasteiger partial charge in [-0.3, -0.25) is 9.69 Å². The highest BCUT2D eigenvalue weighted by Crippen LogP contribution is 2.25. The molecule has 33 heavy (non-hydrogen) atoms. The molecule has 1 saturated heterocycles. The fraction of sp³-hybridized carbons (Fsp3) is 0.280. The van der Waals surface area contributed by atoms with Crippen LogP contribution in [-0.2, 0) is 9.53 Å². The van der Waals surface area contributed by atoms with Crippen molar-refractivity contribution in [3.8, 4) is 0 Å². The van der Waals surface area contributed by atoms with Gasteiger partial charge in [0, 0.05) is 30.2 Å². The van der Waals surface area contributed by atoms with Crippen LogP contribution in [-0.4, -0.2) is 49.7 Å². The number of nitrogens with zero attached hydrogens (tertiary/aromatic N) is 1. The highest BCUT2D eigenvalue weighted by Gasteiger charge is 2.26. The average molecular weight is 465 g/mol. The van der Waals surface area contributed by atoms with Gasteiger partial charge < -0.3 is 20.7 Å². The molecule has 3 aromatic rings. The summed E-state index contributed by atoms with van der Waals surface area (Å²) in [5, 5.41) is 10.8. The molecule has 2 atom stereocenters. The van der Waals surface area contributed by atoms with Crippen LogP contribution < -0.4 is 16.0 Å². The lowest BCUT2D eigenvalue weighted by molar-refractivity contribution is -0.118. The topological polar surface area (TPSA) is 82.7 Å². The quantitative estimate of drug-likeness (QED) is 0.474. The number of anilines is 1. The van der Waals surface area contributed by atoms with Crippen molar-refractivity contribution >= 4 is 29.0 Å². The van der Waals surface area contributed by atoms with Crippen molar-refractivity contribution in [1.82, 2.24) is 15.5 Å². The van der Waals surface area contributed by atoms with Crippen LogP contribution in [0.3, 0.4) is 0 Å². The van der Waals surface area contributed by atoms with Gasteiger partial charge in [-0.2, -0.15) is 0 Å². The van der Waals surface area contributed by atoms with Gasteiger partial charge in [-0.25, -0.2) is 4.79 Å². The lowest BCUT2D eigenvalue weighted by atomic mass is 10.1. The molecule has 1 fully saturated rings. The van der Waals surface area contributed by atoms with Gasteiger partial charge in [-0.05, 0) is 29.1 Å². The van der Waals surface area contributed by atoms with Crippen LogP contribution in [0.4, 0.5) is 10.5 Å². The molecule has 1 aliphatic rings. The maximum absolute atomic E-state index is 13.0. The van der Waals surface area contributed by atoms with Crippen LogP contribution in [0.15, 0.2) is 78.2 Å². The van der Waals surface area contributed by atoms with E-state index in [0.29, 0.717) is 31.0 Å². The third-order valence-corrected chi connectivity index (χ3v) is 6.50.